The molecule has 6 nitrogen and oxygen atoms in total. The first-order valence-electron chi connectivity index (χ1n) is 8.93. The molecule has 0 spiro atoms. The molecule has 2 aromatic carbocycles. The summed E-state index contributed by atoms with van der Waals surface area (Å²) in [5.41, 5.74) is 5.77. The maximum Gasteiger partial charge on any atom is 0.273 e. The van der Waals surface area contributed by atoms with Crippen LogP contribution in [0.25, 0.3) is 22.3 Å². The number of para-hydroxylation sites is 1. The molecule has 29 heavy (non-hydrogen) atoms. The summed E-state index contributed by atoms with van der Waals surface area (Å²) in [6, 6.07) is 15.6. The molecule has 7 heteroatoms. The molecular formula is C22H16FN5O. The average molecular weight is 385 g/mol. The second-order valence-electron chi connectivity index (χ2n) is 6.52. The lowest BCUT2D eigenvalue weighted by molar-refractivity contribution is 0.101. The van der Waals surface area contributed by atoms with Crippen LogP contribution in [0.15, 0.2) is 60.9 Å². The Kier molecular flexibility index (Phi) is 4.75. The van der Waals surface area contributed by atoms with E-state index in [1.165, 1.54) is 18.3 Å². The fraction of sp³-hybridized carbons (Fsp3) is 0.0909. The summed E-state index contributed by atoms with van der Waals surface area (Å²) in [5, 5.41) is 9.94. The zero-order valence-electron chi connectivity index (χ0n) is 15.6. The topological polar surface area (TPSA) is 83.6 Å². The molecule has 4 rings (SSSR count). The number of rotatable bonds is 4. The van der Waals surface area contributed by atoms with Gasteiger partial charge >= 0.3 is 0 Å². The van der Waals surface area contributed by atoms with Crippen LogP contribution >= 0.6 is 0 Å². The van der Waals surface area contributed by atoms with E-state index < -0.39 is 0 Å². The zero-order chi connectivity index (χ0) is 20.4. The Bertz CT molecular complexity index is 1270. The molecule has 1 N–H and O–H groups in total. The lowest BCUT2D eigenvalue weighted by Crippen LogP contribution is -2.23. The van der Waals surface area contributed by atoms with Crippen molar-refractivity contribution in [3.8, 4) is 17.5 Å². The van der Waals surface area contributed by atoms with Crippen molar-refractivity contribution < 1.29 is 9.18 Å². The minimum absolute atomic E-state index is 0.244. The lowest BCUT2D eigenvalue weighted by atomic mass is 10.1. The smallest absolute Gasteiger partial charge is 0.267 e. The fourth-order valence-corrected chi connectivity index (χ4v) is 3.19. The molecule has 0 unspecified atom stereocenters. The Labute approximate surface area is 166 Å². The lowest BCUT2D eigenvalue weighted by Gasteiger charge is -2.10. The van der Waals surface area contributed by atoms with E-state index in [9.17, 15) is 9.18 Å². The van der Waals surface area contributed by atoms with Crippen molar-refractivity contribution >= 4 is 16.8 Å². The van der Waals surface area contributed by atoms with E-state index in [0.717, 1.165) is 16.5 Å². The van der Waals surface area contributed by atoms with Gasteiger partial charge in [0, 0.05) is 23.3 Å². The number of nitrogens with one attached hydrogen (secondary N) is 1. The van der Waals surface area contributed by atoms with Gasteiger partial charge in [0.1, 0.15) is 5.82 Å². The van der Waals surface area contributed by atoms with Crippen molar-refractivity contribution in [1.82, 2.24) is 14.6 Å². The van der Waals surface area contributed by atoms with Crippen LogP contribution in [-0.4, -0.2) is 20.6 Å². The van der Waals surface area contributed by atoms with E-state index in [1.807, 2.05) is 24.3 Å². The number of aryl methyl sites for hydroxylation is 1. The highest BCUT2D eigenvalue weighted by Gasteiger charge is 2.15. The molecule has 2 heterocycles. The van der Waals surface area contributed by atoms with Gasteiger partial charge in [0.25, 0.3) is 5.91 Å². The average Bonchev–Trinajstić information content (AvgIpc) is 3.05. The van der Waals surface area contributed by atoms with E-state index in [-0.39, 0.29) is 18.1 Å². The first-order chi connectivity index (χ1) is 14.1. The number of carbonyl (C=O) groups is 1. The van der Waals surface area contributed by atoms with Gasteiger partial charge in [-0.3, -0.25) is 14.9 Å². The van der Waals surface area contributed by atoms with Gasteiger partial charge in [-0.25, -0.2) is 14.4 Å². The van der Waals surface area contributed by atoms with Crippen LogP contribution in [0.5, 0.6) is 0 Å². The van der Waals surface area contributed by atoms with Crippen molar-refractivity contribution in [2.75, 3.05) is 5.43 Å². The van der Waals surface area contributed by atoms with Gasteiger partial charge in [-0.2, -0.15) is 5.26 Å². The van der Waals surface area contributed by atoms with Gasteiger partial charge in [0.2, 0.25) is 0 Å². The second-order valence-corrected chi connectivity index (χ2v) is 6.52. The Morgan fingerprint density at radius 3 is 2.83 bits per heavy atom. The Balaban J connectivity index is 1.64. The summed E-state index contributed by atoms with van der Waals surface area (Å²) < 4.78 is 15.0. The van der Waals surface area contributed by atoms with Crippen LogP contribution in [0.1, 0.15) is 21.6 Å². The molecule has 2 aromatic heterocycles. The molecule has 0 aliphatic heterocycles. The number of benzene rings is 2. The number of halogens is 1. The maximum absolute atomic E-state index is 13.4. The van der Waals surface area contributed by atoms with Gasteiger partial charge in [-0.05, 0) is 30.7 Å². The van der Waals surface area contributed by atoms with Crippen LogP contribution in [-0.2, 0) is 6.42 Å². The molecule has 0 bridgehead atoms. The van der Waals surface area contributed by atoms with E-state index >= 15 is 0 Å². The number of fused-ring (bicyclic) bond motifs is 1. The highest BCUT2D eigenvalue weighted by atomic mass is 19.1. The van der Waals surface area contributed by atoms with Crippen LogP contribution in [0.2, 0.25) is 0 Å². The molecule has 0 saturated heterocycles. The summed E-state index contributed by atoms with van der Waals surface area (Å²) >= 11 is 0. The molecule has 0 aliphatic rings. The summed E-state index contributed by atoms with van der Waals surface area (Å²) in [7, 11) is 0. The molecule has 0 radical (unpaired) electrons. The minimum atomic E-state index is -0.377. The maximum atomic E-state index is 13.4. The normalized spacial score (nSPS) is 10.7. The van der Waals surface area contributed by atoms with E-state index in [2.05, 4.69) is 21.5 Å². The minimum Gasteiger partial charge on any atom is -0.267 e. The first kappa shape index (κ1) is 18.3. The quantitative estimate of drug-likeness (QED) is 0.576. The predicted octanol–water partition coefficient (Wildman–Crippen LogP) is 4.00. The van der Waals surface area contributed by atoms with E-state index in [1.54, 1.807) is 29.9 Å². The summed E-state index contributed by atoms with van der Waals surface area (Å²) in [6.45, 7) is 1.70. The number of hydrogen-bond acceptors (Lipinski definition) is 4. The summed E-state index contributed by atoms with van der Waals surface area (Å²) in [5.74, 6) is -0.406. The third kappa shape index (κ3) is 3.56. The number of amides is 1. The Hall–Kier alpha value is -4.05. The van der Waals surface area contributed by atoms with Crippen molar-refractivity contribution in [3.05, 3.63) is 83.6 Å². The van der Waals surface area contributed by atoms with E-state index in [0.29, 0.717) is 22.6 Å². The van der Waals surface area contributed by atoms with E-state index in [4.69, 9.17) is 5.26 Å². The van der Waals surface area contributed by atoms with Crippen molar-refractivity contribution in [2.45, 2.75) is 13.3 Å². The molecule has 0 atom stereocenters. The highest BCUT2D eigenvalue weighted by Crippen LogP contribution is 2.21. The standard InChI is InChI=1S/C22H16FN5O/c1-14-19(12-25-21(26-14)15-5-4-6-17(23)11-15)22(29)27-28-13-16(9-10-24)18-7-2-3-8-20(18)28/h2-8,11-13H,9H2,1H3,(H,27,29). The molecule has 142 valence electrons. The van der Waals surface area contributed by atoms with Gasteiger partial charge < -0.3 is 0 Å². The summed E-state index contributed by atoms with van der Waals surface area (Å²) in [4.78, 5) is 21.4. The molecule has 0 aliphatic carbocycles. The number of nitriles is 1. The van der Waals surface area contributed by atoms with Crippen LogP contribution in [0.4, 0.5) is 4.39 Å². The number of aromatic nitrogens is 3. The van der Waals surface area contributed by atoms with Crippen molar-refractivity contribution in [3.63, 3.8) is 0 Å². The fourth-order valence-electron chi connectivity index (χ4n) is 3.19. The monoisotopic (exact) mass is 385 g/mol. The van der Waals surface area contributed by atoms with Gasteiger partial charge in [-0.15, -0.1) is 0 Å². The van der Waals surface area contributed by atoms with Gasteiger partial charge in [0.05, 0.1) is 29.3 Å². The van der Waals surface area contributed by atoms with Crippen molar-refractivity contribution in [1.29, 1.82) is 5.26 Å². The van der Waals surface area contributed by atoms with Gasteiger partial charge in [0.15, 0.2) is 5.82 Å². The SMILES string of the molecule is Cc1nc(-c2cccc(F)c2)ncc1C(=O)Nn1cc(CC#N)c2ccccc21. The Morgan fingerprint density at radius 2 is 2.07 bits per heavy atom. The first-order valence-corrected chi connectivity index (χ1v) is 8.93. The third-order valence-corrected chi connectivity index (χ3v) is 4.59. The van der Waals surface area contributed by atoms with Crippen LogP contribution in [0.3, 0.4) is 0 Å². The molecule has 0 saturated carbocycles. The third-order valence-electron chi connectivity index (χ3n) is 4.59. The predicted molar refractivity (Wildman–Crippen MR) is 107 cm³/mol. The van der Waals surface area contributed by atoms with Gasteiger partial charge in [-0.1, -0.05) is 30.3 Å². The molecule has 4 aromatic rings. The highest BCUT2D eigenvalue weighted by molar-refractivity contribution is 6.01. The van der Waals surface area contributed by atoms with Crippen LogP contribution < -0.4 is 5.43 Å². The number of hydrogen-bond donors (Lipinski definition) is 1. The molecule has 0 fully saturated rings. The van der Waals surface area contributed by atoms with Crippen LogP contribution in [0, 0.1) is 24.1 Å². The van der Waals surface area contributed by atoms with Crippen molar-refractivity contribution in [2.24, 2.45) is 0 Å². The number of nitrogens with zero attached hydrogens (tertiary/aromatic N) is 4. The summed E-state index contributed by atoms with van der Waals surface area (Å²) in [6.07, 6.45) is 3.41. The molecule has 1 amide bonds. The number of carbonyl (C=O) groups excluding carboxylic acids is 1. The Morgan fingerprint density at radius 1 is 1.24 bits per heavy atom. The second kappa shape index (κ2) is 7.52. The largest absolute Gasteiger partial charge is 0.273 e. The molecular weight excluding hydrogens is 369 g/mol. The zero-order valence-corrected chi connectivity index (χ0v) is 15.6.